The summed E-state index contributed by atoms with van der Waals surface area (Å²) in [5, 5.41) is 17.9. The number of hydrogen-bond acceptors (Lipinski definition) is 5. The number of nitro benzene ring substituents is 1. The average molecular weight is 255 g/mol. The molecule has 0 atom stereocenters. The molecule has 0 aliphatic rings. The molecule has 7 nitrogen and oxygen atoms in total. The van der Waals surface area contributed by atoms with Crippen LogP contribution >= 0.6 is 0 Å². The Labute approximate surface area is 107 Å². The molecule has 0 aliphatic carbocycles. The van der Waals surface area contributed by atoms with Gasteiger partial charge in [0, 0.05) is 30.1 Å². The Hall–Kier alpha value is -2.96. The van der Waals surface area contributed by atoms with E-state index >= 15 is 0 Å². The van der Waals surface area contributed by atoms with Crippen LogP contribution in [-0.2, 0) is 0 Å². The number of nitro groups is 1. The molecule has 94 valence electrons. The fourth-order valence-corrected chi connectivity index (χ4v) is 1.74. The minimum atomic E-state index is -0.429. The molecule has 0 saturated heterocycles. The second-order valence-electron chi connectivity index (χ2n) is 3.86. The van der Waals surface area contributed by atoms with Crippen LogP contribution in [0.4, 0.5) is 17.2 Å². The number of rotatable bonds is 3. The molecule has 0 unspecified atom stereocenters. The summed E-state index contributed by atoms with van der Waals surface area (Å²) in [5.74, 6) is 0.740. The SMILES string of the molecule is O=[N+]([O-])c1ccc(Nc2ccnc3ccnn23)cc1. The van der Waals surface area contributed by atoms with E-state index in [1.807, 2.05) is 0 Å². The lowest BCUT2D eigenvalue weighted by molar-refractivity contribution is -0.384. The third kappa shape index (κ3) is 2.08. The van der Waals surface area contributed by atoms with Crippen LogP contribution in [0.25, 0.3) is 5.65 Å². The fourth-order valence-electron chi connectivity index (χ4n) is 1.74. The Morgan fingerprint density at radius 3 is 2.63 bits per heavy atom. The minimum Gasteiger partial charge on any atom is -0.340 e. The number of anilines is 2. The normalized spacial score (nSPS) is 10.5. The first kappa shape index (κ1) is 11.1. The molecule has 0 fully saturated rings. The molecule has 3 rings (SSSR count). The Morgan fingerprint density at radius 1 is 1.11 bits per heavy atom. The zero-order valence-corrected chi connectivity index (χ0v) is 9.72. The van der Waals surface area contributed by atoms with Gasteiger partial charge in [0.05, 0.1) is 11.1 Å². The van der Waals surface area contributed by atoms with Crippen LogP contribution in [0.5, 0.6) is 0 Å². The predicted octanol–water partition coefficient (Wildman–Crippen LogP) is 2.38. The summed E-state index contributed by atoms with van der Waals surface area (Å²) in [6.07, 6.45) is 3.33. The Balaban J connectivity index is 1.92. The fraction of sp³-hybridized carbons (Fsp3) is 0. The van der Waals surface area contributed by atoms with Gasteiger partial charge in [-0.15, -0.1) is 0 Å². The molecule has 0 radical (unpaired) electrons. The highest BCUT2D eigenvalue weighted by Gasteiger charge is 2.05. The van der Waals surface area contributed by atoms with Gasteiger partial charge in [0.25, 0.3) is 5.69 Å². The van der Waals surface area contributed by atoms with Crippen molar-refractivity contribution in [3.63, 3.8) is 0 Å². The number of nitrogens with zero attached hydrogens (tertiary/aromatic N) is 4. The van der Waals surface area contributed by atoms with Crippen molar-refractivity contribution in [1.29, 1.82) is 0 Å². The van der Waals surface area contributed by atoms with Crippen molar-refractivity contribution >= 4 is 22.8 Å². The van der Waals surface area contributed by atoms with E-state index in [0.29, 0.717) is 0 Å². The minimum absolute atomic E-state index is 0.0597. The summed E-state index contributed by atoms with van der Waals surface area (Å²) >= 11 is 0. The molecule has 7 heteroatoms. The first-order valence-corrected chi connectivity index (χ1v) is 5.54. The molecule has 0 aliphatic heterocycles. The molecule has 3 aromatic rings. The topological polar surface area (TPSA) is 85.4 Å². The van der Waals surface area contributed by atoms with Gasteiger partial charge >= 0.3 is 0 Å². The first-order valence-electron chi connectivity index (χ1n) is 5.54. The lowest BCUT2D eigenvalue weighted by Crippen LogP contribution is -2.00. The molecular formula is C12H9N5O2. The molecule has 0 amide bonds. The van der Waals surface area contributed by atoms with Crippen LogP contribution in [0.15, 0.2) is 48.8 Å². The summed E-state index contributed by atoms with van der Waals surface area (Å²) in [5.41, 5.74) is 1.53. The average Bonchev–Trinajstić information content (AvgIpc) is 2.89. The van der Waals surface area contributed by atoms with Crippen molar-refractivity contribution in [2.24, 2.45) is 0 Å². The molecule has 19 heavy (non-hydrogen) atoms. The monoisotopic (exact) mass is 255 g/mol. The van der Waals surface area contributed by atoms with Crippen LogP contribution < -0.4 is 5.32 Å². The molecule has 2 heterocycles. The van der Waals surface area contributed by atoms with Gasteiger partial charge < -0.3 is 5.32 Å². The van der Waals surface area contributed by atoms with Crippen molar-refractivity contribution in [2.75, 3.05) is 5.32 Å². The third-order valence-corrected chi connectivity index (χ3v) is 2.64. The van der Waals surface area contributed by atoms with E-state index in [9.17, 15) is 10.1 Å². The van der Waals surface area contributed by atoms with Crippen molar-refractivity contribution < 1.29 is 4.92 Å². The number of fused-ring (bicyclic) bond motifs is 1. The molecule has 0 bridgehead atoms. The predicted molar refractivity (Wildman–Crippen MR) is 69.4 cm³/mol. The molecule has 2 aromatic heterocycles. The van der Waals surface area contributed by atoms with Crippen molar-refractivity contribution in [3.8, 4) is 0 Å². The maximum Gasteiger partial charge on any atom is 0.269 e. The van der Waals surface area contributed by atoms with Crippen LogP contribution in [0.1, 0.15) is 0 Å². The van der Waals surface area contributed by atoms with Crippen molar-refractivity contribution in [3.05, 3.63) is 58.9 Å². The number of nitrogens with one attached hydrogen (secondary N) is 1. The van der Waals surface area contributed by atoms with Gasteiger partial charge in [-0.25, -0.2) is 4.98 Å². The van der Waals surface area contributed by atoms with Gasteiger partial charge in [0.1, 0.15) is 5.82 Å². The zero-order chi connectivity index (χ0) is 13.2. The largest absolute Gasteiger partial charge is 0.340 e. The van der Waals surface area contributed by atoms with E-state index in [0.717, 1.165) is 17.2 Å². The lowest BCUT2D eigenvalue weighted by atomic mass is 10.3. The molecule has 1 N–H and O–H groups in total. The van der Waals surface area contributed by atoms with Crippen LogP contribution in [0, 0.1) is 10.1 Å². The summed E-state index contributed by atoms with van der Waals surface area (Å²) in [4.78, 5) is 14.3. The highest BCUT2D eigenvalue weighted by Crippen LogP contribution is 2.19. The molecule has 1 aromatic carbocycles. The number of benzene rings is 1. The molecule has 0 saturated carbocycles. The van der Waals surface area contributed by atoms with E-state index < -0.39 is 4.92 Å². The van der Waals surface area contributed by atoms with E-state index in [4.69, 9.17) is 0 Å². The maximum absolute atomic E-state index is 10.6. The van der Waals surface area contributed by atoms with E-state index in [-0.39, 0.29) is 5.69 Å². The van der Waals surface area contributed by atoms with Gasteiger partial charge in [0.15, 0.2) is 5.65 Å². The summed E-state index contributed by atoms with van der Waals surface area (Å²) < 4.78 is 1.65. The van der Waals surface area contributed by atoms with Gasteiger partial charge in [-0.05, 0) is 18.2 Å². The van der Waals surface area contributed by atoms with Crippen molar-refractivity contribution in [1.82, 2.24) is 14.6 Å². The Morgan fingerprint density at radius 2 is 1.89 bits per heavy atom. The highest BCUT2D eigenvalue weighted by atomic mass is 16.6. The van der Waals surface area contributed by atoms with Crippen LogP contribution in [0.2, 0.25) is 0 Å². The number of hydrogen-bond donors (Lipinski definition) is 1. The van der Waals surface area contributed by atoms with E-state index in [1.54, 1.807) is 41.2 Å². The van der Waals surface area contributed by atoms with Gasteiger partial charge in [-0.3, -0.25) is 10.1 Å². The van der Waals surface area contributed by atoms with Gasteiger partial charge in [0.2, 0.25) is 0 Å². The quantitative estimate of drug-likeness (QED) is 0.573. The third-order valence-electron chi connectivity index (χ3n) is 2.64. The second-order valence-corrected chi connectivity index (χ2v) is 3.86. The lowest BCUT2D eigenvalue weighted by Gasteiger charge is -2.07. The number of aromatic nitrogens is 3. The van der Waals surface area contributed by atoms with Crippen LogP contribution in [-0.4, -0.2) is 19.5 Å². The van der Waals surface area contributed by atoms with Gasteiger partial charge in [-0.2, -0.15) is 9.61 Å². The number of non-ortho nitro benzene ring substituents is 1. The van der Waals surface area contributed by atoms with Crippen molar-refractivity contribution in [2.45, 2.75) is 0 Å². The summed E-state index contributed by atoms with van der Waals surface area (Å²) in [7, 11) is 0. The summed E-state index contributed by atoms with van der Waals surface area (Å²) in [6, 6.07) is 9.76. The van der Waals surface area contributed by atoms with Gasteiger partial charge in [-0.1, -0.05) is 0 Å². The molecule has 0 spiro atoms. The highest BCUT2D eigenvalue weighted by molar-refractivity contribution is 5.60. The first-order chi connectivity index (χ1) is 9.24. The van der Waals surface area contributed by atoms with Crippen LogP contribution in [0.3, 0.4) is 0 Å². The zero-order valence-electron chi connectivity index (χ0n) is 9.72. The maximum atomic E-state index is 10.6. The Bertz CT molecular complexity index is 735. The van der Waals surface area contributed by atoms with E-state index in [2.05, 4.69) is 15.4 Å². The summed E-state index contributed by atoms with van der Waals surface area (Å²) in [6.45, 7) is 0. The van der Waals surface area contributed by atoms with E-state index in [1.165, 1.54) is 12.1 Å². The Kier molecular flexibility index (Phi) is 2.57. The second kappa shape index (κ2) is 4.37. The standard InChI is InChI=1S/C12H9N5O2/c18-17(19)10-3-1-9(2-4-10)15-12-5-7-13-11-6-8-14-16(11)12/h1-8,15H. The smallest absolute Gasteiger partial charge is 0.269 e. The molecular weight excluding hydrogens is 246 g/mol.